The van der Waals surface area contributed by atoms with Gasteiger partial charge in [0.1, 0.15) is 28.9 Å². The van der Waals surface area contributed by atoms with E-state index in [4.69, 9.17) is 34.8 Å². The van der Waals surface area contributed by atoms with Crippen LogP contribution in [0.5, 0.6) is 17.2 Å². The summed E-state index contributed by atoms with van der Waals surface area (Å²) in [6.45, 7) is 4.84. The van der Waals surface area contributed by atoms with Crippen LogP contribution >= 0.6 is 0 Å². The molecule has 4 atom stereocenters. The van der Waals surface area contributed by atoms with Gasteiger partial charge in [0.25, 0.3) is 0 Å². The molecule has 2 aromatic carbocycles. The number of rotatable bonds is 10. The average molecular weight is 615 g/mol. The molecule has 4 rings (SSSR count). The molecular weight excluding hydrogens is 580 g/mol. The number of Topliss-reactive ketones (excluding diaryl/α,β-unsaturated/α-hetero) is 1. The molecule has 1 aromatic heterocycles. The van der Waals surface area contributed by atoms with Gasteiger partial charge in [-0.15, -0.1) is 0 Å². The minimum Gasteiger partial charge on any atom is -0.508 e. The predicted molar refractivity (Wildman–Crippen MR) is 153 cm³/mol. The fraction of sp³-hybridized carbons (Fsp3) is 0.400. The zero-order valence-electron chi connectivity index (χ0n) is 24.5. The second kappa shape index (κ2) is 12.5. The lowest BCUT2D eigenvalue weighted by Crippen LogP contribution is -2.65. The van der Waals surface area contributed by atoms with Gasteiger partial charge >= 0.3 is 11.7 Å². The summed E-state index contributed by atoms with van der Waals surface area (Å²) in [4.78, 5) is 48.7. The summed E-state index contributed by atoms with van der Waals surface area (Å²) in [7, 11) is 1.36. The Morgan fingerprint density at radius 1 is 1.09 bits per heavy atom. The van der Waals surface area contributed by atoms with Crippen LogP contribution in [0.25, 0.3) is 11.0 Å². The van der Waals surface area contributed by atoms with Crippen LogP contribution in [0.3, 0.4) is 0 Å². The van der Waals surface area contributed by atoms with Crippen molar-refractivity contribution in [2.24, 2.45) is 11.5 Å². The van der Waals surface area contributed by atoms with E-state index in [0.717, 1.165) is 0 Å². The highest BCUT2D eigenvalue weighted by molar-refractivity contribution is 5.99. The van der Waals surface area contributed by atoms with Crippen LogP contribution in [0, 0.1) is 6.92 Å². The molecule has 0 aliphatic carbocycles. The monoisotopic (exact) mass is 614 g/mol. The molecule has 0 saturated carbocycles. The Bertz CT molecular complexity index is 1660. The molecule has 44 heavy (non-hydrogen) atoms. The number of ketones is 1. The first kappa shape index (κ1) is 32.3. The molecule has 2 amide bonds. The van der Waals surface area contributed by atoms with Crippen LogP contribution in [-0.4, -0.2) is 70.4 Å². The van der Waals surface area contributed by atoms with Crippen molar-refractivity contribution < 1.29 is 53.1 Å². The van der Waals surface area contributed by atoms with E-state index in [1.165, 1.54) is 37.4 Å². The molecule has 1 aliphatic heterocycles. The average Bonchev–Trinajstić information content (AvgIpc) is 2.94. The van der Waals surface area contributed by atoms with Gasteiger partial charge in [-0.3, -0.25) is 9.59 Å². The SMILES string of the molecule is CO[C@@H]1[C@@H](OC(N)=O)[C@@H](O)[C@H](Oc2ccc3c(O)c(CC(=O)c4ccc(O)c(CCC(N)=O)c4)c(=O)oc3c2C)OC1(C)C. The van der Waals surface area contributed by atoms with Gasteiger partial charge in [-0.2, -0.15) is 0 Å². The summed E-state index contributed by atoms with van der Waals surface area (Å²) < 4.78 is 27.9. The number of primary amides is 2. The van der Waals surface area contributed by atoms with Crippen molar-refractivity contribution in [3.63, 3.8) is 0 Å². The Hall–Kier alpha value is -4.66. The third-order valence-corrected chi connectivity index (χ3v) is 7.49. The molecule has 2 heterocycles. The van der Waals surface area contributed by atoms with Crippen molar-refractivity contribution in [3.05, 3.63) is 63.0 Å². The Labute approximate surface area is 251 Å². The number of aryl methyl sites for hydroxylation is 2. The van der Waals surface area contributed by atoms with Crippen molar-refractivity contribution >= 4 is 28.8 Å². The number of carbonyl (C=O) groups is 3. The largest absolute Gasteiger partial charge is 0.508 e. The van der Waals surface area contributed by atoms with Crippen molar-refractivity contribution in [2.75, 3.05) is 7.11 Å². The van der Waals surface area contributed by atoms with Gasteiger partial charge in [-0.1, -0.05) is 0 Å². The maximum atomic E-state index is 13.0. The lowest BCUT2D eigenvalue weighted by molar-refractivity contribution is -0.304. The first-order valence-electron chi connectivity index (χ1n) is 13.6. The van der Waals surface area contributed by atoms with Gasteiger partial charge in [0, 0.05) is 31.1 Å². The van der Waals surface area contributed by atoms with E-state index in [1.54, 1.807) is 20.8 Å². The molecule has 3 aromatic rings. The van der Waals surface area contributed by atoms with E-state index in [-0.39, 0.29) is 52.0 Å². The fourth-order valence-corrected chi connectivity index (χ4v) is 5.24. The zero-order chi connectivity index (χ0) is 32.5. The van der Waals surface area contributed by atoms with Gasteiger partial charge in [0.15, 0.2) is 18.0 Å². The summed E-state index contributed by atoms with van der Waals surface area (Å²) in [5.41, 5.74) is 8.71. The standard InChI is InChI=1S/C30H34N2O12/c1-13-20(41-28-23(37)25(43-29(32)39)26(40-4)30(2,3)44-28)9-7-16-22(36)17(27(38)42-24(13)16)12-19(34)15-5-8-18(33)14(11-15)6-10-21(31)35/h5,7-9,11,23,25-26,28,33,36-37H,6,10,12H2,1-4H3,(H2,31,35)(H2,32,39)/t23-,25+,26-,28-/m1/s1. The summed E-state index contributed by atoms with van der Waals surface area (Å²) in [6.07, 6.45) is -6.58. The third kappa shape index (κ3) is 6.46. The number of aromatic hydroxyl groups is 2. The zero-order valence-corrected chi connectivity index (χ0v) is 24.5. The van der Waals surface area contributed by atoms with Gasteiger partial charge in [0.2, 0.25) is 12.2 Å². The number of carbonyl (C=O) groups excluding carboxylic acids is 3. The Balaban J connectivity index is 1.62. The number of phenols is 1. The smallest absolute Gasteiger partial charge is 0.404 e. The molecule has 14 heteroatoms. The number of hydrogen-bond acceptors (Lipinski definition) is 12. The Morgan fingerprint density at radius 2 is 1.80 bits per heavy atom. The van der Waals surface area contributed by atoms with E-state index < -0.39 is 65.8 Å². The maximum Gasteiger partial charge on any atom is 0.404 e. The van der Waals surface area contributed by atoms with Crippen LogP contribution in [0.1, 0.15) is 47.3 Å². The van der Waals surface area contributed by atoms with Gasteiger partial charge in [-0.05, 0) is 63.1 Å². The number of fused-ring (bicyclic) bond motifs is 1. The number of aliphatic hydroxyl groups is 1. The number of ether oxygens (including phenoxy) is 4. The number of aliphatic hydroxyl groups excluding tert-OH is 1. The topological polar surface area (TPSA) is 231 Å². The molecule has 14 nitrogen and oxygen atoms in total. The summed E-state index contributed by atoms with van der Waals surface area (Å²) in [5.74, 6) is -1.59. The van der Waals surface area contributed by atoms with Crippen molar-refractivity contribution in [1.82, 2.24) is 0 Å². The molecule has 236 valence electrons. The van der Waals surface area contributed by atoms with Crippen LogP contribution in [0.15, 0.2) is 39.5 Å². The predicted octanol–water partition coefficient (Wildman–Crippen LogP) is 1.71. The van der Waals surface area contributed by atoms with Gasteiger partial charge in [0.05, 0.1) is 16.6 Å². The first-order valence-corrected chi connectivity index (χ1v) is 13.6. The quantitative estimate of drug-likeness (QED) is 0.162. The molecule has 1 saturated heterocycles. The molecule has 1 aliphatic rings. The van der Waals surface area contributed by atoms with Crippen LogP contribution in [0.2, 0.25) is 0 Å². The normalized spacial score (nSPS) is 21.1. The second-order valence-corrected chi connectivity index (χ2v) is 10.9. The highest BCUT2D eigenvalue weighted by Crippen LogP contribution is 2.38. The second-order valence-electron chi connectivity index (χ2n) is 10.9. The summed E-state index contributed by atoms with van der Waals surface area (Å²) in [6, 6.07) is 6.90. The van der Waals surface area contributed by atoms with E-state index in [0.29, 0.717) is 5.56 Å². The van der Waals surface area contributed by atoms with E-state index in [1.807, 2.05) is 0 Å². The molecule has 0 unspecified atom stereocenters. The van der Waals surface area contributed by atoms with Crippen LogP contribution in [0.4, 0.5) is 4.79 Å². The number of phenolic OH excluding ortho intramolecular Hbond substituents is 1. The summed E-state index contributed by atoms with van der Waals surface area (Å²) >= 11 is 0. The number of nitrogens with two attached hydrogens (primary N) is 2. The molecule has 0 spiro atoms. The highest BCUT2D eigenvalue weighted by Gasteiger charge is 2.53. The van der Waals surface area contributed by atoms with Crippen LogP contribution < -0.4 is 21.8 Å². The fourth-order valence-electron chi connectivity index (χ4n) is 5.24. The van der Waals surface area contributed by atoms with E-state index >= 15 is 0 Å². The number of amides is 2. The molecule has 7 N–H and O–H groups in total. The Kier molecular flexibility index (Phi) is 9.18. The third-order valence-electron chi connectivity index (χ3n) is 7.49. The van der Waals surface area contributed by atoms with Gasteiger partial charge < -0.3 is 50.2 Å². The van der Waals surface area contributed by atoms with Crippen LogP contribution in [-0.2, 0) is 31.8 Å². The number of benzene rings is 2. The number of hydrogen-bond donors (Lipinski definition) is 5. The lowest BCUT2D eigenvalue weighted by Gasteiger charge is -2.47. The molecule has 1 fully saturated rings. The van der Waals surface area contributed by atoms with E-state index in [9.17, 15) is 34.5 Å². The Morgan fingerprint density at radius 3 is 2.43 bits per heavy atom. The number of methoxy groups -OCH3 is 1. The van der Waals surface area contributed by atoms with Crippen molar-refractivity contribution in [2.45, 2.75) is 70.2 Å². The van der Waals surface area contributed by atoms with Crippen molar-refractivity contribution in [1.29, 1.82) is 0 Å². The van der Waals surface area contributed by atoms with E-state index in [2.05, 4.69) is 0 Å². The molecular formula is C30H34N2O12. The molecule has 0 radical (unpaired) electrons. The van der Waals surface area contributed by atoms with Crippen molar-refractivity contribution in [3.8, 4) is 17.2 Å². The summed E-state index contributed by atoms with van der Waals surface area (Å²) in [5, 5.41) is 32.1. The maximum absolute atomic E-state index is 13.0. The lowest BCUT2D eigenvalue weighted by atomic mass is 9.89. The first-order chi connectivity index (χ1) is 20.6. The van der Waals surface area contributed by atoms with Gasteiger partial charge in [-0.25, -0.2) is 9.59 Å². The minimum absolute atomic E-state index is 0.0374. The minimum atomic E-state index is -1.53. The highest BCUT2D eigenvalue weighted by atomic mass is 16.7. The molecule has 0 bridgehead atoms.